The first-order valence-electron chi connectivity index (χ1n) is 3.45. The third-order valence-corrected chi connectivity index (χ3v) is 1.70. The van der Waals surface area contributed by atoms with Crippen molar-refractivity contribution in [2.24, 2.45) is 4.99 Å². The standard InChI is InChI=1S/C8H4ClF2NOS/c9-6-3-5(13-8(10)11)1-2-7(6)12-4-14/h1-3,8H. The Morgan fingerprint density at radius 1 is 1.50 bits per heavy atom. The average Bonchev–Trinajstić information content (AvgIpc) is 2.09. The van der Waals surface area contributed by atoms with E-state index in [-0.39, 0.29) is 10.8 Å². The van der Waals surface area contributed by atoms with Crippen molar-refractivity contribution in [1.29, 1.82) is 0 Å². The van der Waals surface area contributed by atoms with Crippen LogP contribution in [0.5, 0.6) is 5.75 Å². The van der Waals surface area contributed by atoms with Gasteiger partial charge in [-0.2, -0.15) is 13.8 Å². The Balaban J connectivity index is 2.94. The van der Waals surface area contributed by atoms with Gasteiger partial charge in [0.2, 0.25) is 0 Å². The Morgan fingerprint density at radius 2 is 2.21 bits per heavy atom. The molecule has 0 radical (unpaired) electrons. The molecule has 0 aliphatic rings. The van der Waals surface area contributed by atoms with Crippen molar-refractivity contribution in [3.63, 3.8) is 0 Å². The van der Waals surface area contributed by atoms with Gasteiger partial charge in [0.1, 0.15) is 5.75 Å². The molecule has 0 saturated carbocycles. The first-order valence-corrected chi connectivity index (χ1v) is 4.24. The zero-order valence-corrected chi connectivity index (χ0v) is 8.28. The molecule has 0 heterocycles. The summed E-state index contributed by atoms with van der Waals surface area (Å²) in [5.74, 6) is -0.0201. The normalized spacial score (nSPS) is 9.71. The lowest BCUT2D eigenvalue weighted by Crippen LogP contribution is -2.01. The van der Waals surface area contributed by atoms with Crippen molar-refractivity contribution >= 4 is 34.7 Å². The molecule has 1 rings (SSSR count). The molecule has 0 saturated heterocycles. The first kappa shape index (κ1) is 11.0. The molecule has 0 N–H and O–H groups in total. The fourth-order valence-electron chi connectivity index (χ4n) is 0.804. The molecule has 2 nitrogen and oxygen atoms in total. The van der Waals surface area contributed by atoms with Crippen LogP contribution in [-0.4, -0.2) is 11.8 Å². The molecule has 0 aliphatic heterocycles. The van der Waals surface area contributed by atoms with Gasteiger partial charge in [0.15, 0.2) is 0 Å². The van der Waals surface area contributed by atoms with Crippen LogP contribution in [0.25, 0.3) is 0 Å². The molecule has 0 amide bonds. The molecule has 6 heteroatoms. The summed E-state index contributed by atoms with van der Waals surface area (Å²) in [6.07, 6.45) is 0. The molecule has 1 aromatic rings. The fraction of sp³-hybridized carbons (Fsp3) is 0.125. The molecule has 0 spiro atoms. The number of isothiocyanates is 1. The van der Waals surface area contributed by atoms with E-state index in [1.165, 1.54) is 18.2 Å². The molecule has 74 valence electrons. The quantitative estimate of drug-likeness (QED) is 0.589. The van der Waals surface area contributed by atoms with Gasteiger partial charge in [0, 0.05) is 6.07 Å². The van der Waals surface area contributed by atoms with E-state index in [0.29, 0.717) is 5.69 Å². The summed E-state index contributed by atoms with van der Waals surface area (Å²) in [5.41, 5.74) is 0.364. The van der Waals surface area contributed by atoms with E-state index in [1.54, 1.807) is 0 Å². The highest BCUT2D eigenvalue weighted by Crippen LogP contribution is 2.29. The maximum Gasteiger partial charge on any atom is 0.387 e. The average molecular weight is 236 g/mol. The van der Waals surface area contributed by atoms with E-state index in [2.05, 4.69) is 27.1 Å². The van der Waals surface area contributed by atoms with Crippen molar-refractivity contribution in [2.45, 2.75) is 6.61 Å². The van der Waals surface area contributed by atoms with Gasteiger partial charge in [-0.05, 0) is 24.4 Å². The molecular weight excluding hydrogens is 232 g/mol. The number of alkyl halides is 2. The largest absolute Gasteiger partial charge is 0.435 e. The minimum absolute atomic E-state index is 0.0201. The van der Waals surface area contributed by atoms with E-state index >= 15 is 0 Å². The number of rotatable bonds is 3. The highest BCUT2D eigenvalue weighted by atomic mass is 35.5. The summed E-state index contributed by atoms with van der Waals surface area (Å²) in [4.78, 5) is 3.62. The molecule has 1 aromatic carbocycles. The number of thiocarbonyl (C=S) groups is 1. The molecule has 0 atom stereocenters. The van der Waals surface area contributed by atoms with Crippen molar-refractivity contribution in [2.75, 3.05) is 0 Å². The Bertz CT molecular complexity index is 380. The Morgan fingerprint density at radius 3 is 2.71 bits per heavy atom. The van der Waals surface area contributed by atoms with Crippen molar-refractivity contribution in [3.05, 3.63) is 23.2 Å². The van der Waals surface area contributed by atoms with Crippen LogP contribution in [0.15, 0.2) is 23.2 Å². The van der Waals surface area contributed by atoms with E-state index in [9.17, 15) is 8.78 Å². The number of hydrogen-bond donors (Lipinski definition) is 0. The highest BCUT2D eigenvalue weighted by molar-refractivity contribution is 7.78. The number of halogens is 3. The smallest absolute Gasteiger partial charge is 0.387 e. The summed E-state index contributed by atoms with van der Waals surface area (Å²) in [6, 6.07) is 3.97. The van der Waals surface area contributed by atoms with Crippen molar-refractivity contribution in [3.8, 4) is 5.75 Å². The molecule has 0 fully saturated rings. The number of benzene rings is 1. The Kier molecular flexibility index (Phi) is 3.95. The summed E-state index contributed by atoms with van der Waals surface area (Å²) < 4.78 is 27.7. The van der Waals surface area contributed by atoms with Crippen LogP contribution in [0.1, 0.15) is 0 Å². The minimum atomic E-state index is -2.87. The predicted octanol–water partition coefficient (Wildman–Crippen LogP) is 3.68. The van der Waals surface area contributed by atoms with E-state index in [4.69, 9.17) is 11.6 Å². The van der Waals surface area contributed by atoms with Crippen molar-refractivity contribution in [1.82, 2.24) is 0 Å². The lowest BCUT2D eigenvalue weighted by molar-refractivity contribution is -0.0498. The van der Waals surface area contributed by atoms with Crippen LogP contribution in [-0.2, 0) is 0 Å². The van der Waals surface area contributed by atoms with Gasteiger partial charge in [-0.3, -0.25) is 0 Å². The lowest BCUT2D eigenvalue weighted by Gasteiger charge is -2.04. The van der Waals surface area contributed by atoms with Gasteiger partial charge in [0.25, 0.3) is 0 Å². The number of aliphatic imine (C=N–C) groups is 1. The zero-order valence-electron chi connectivity index (χ0n) is 6.71. The second-order valence-electron chi connectivity index (χ2n) is 2.19. The van der Waals surface area contributed by atoms with Crippen LogP contribution in [0.4, 0.5) is 14.5 Å². The molecule has 14 heavy (non-hydrogen) atoms. The summed E-state index contributed by atoms with van der Waals surface area (Å²) in [7, 11) is 0. The third-order valence-electron chi connectivity index (χ3n) is 1.31. The topological polar surface area (TPSA) is 21.6 Å². The third kappa shape index (κ3) is 3.03. The monoisotopic (exact) mass is 235 g/mol. The van der Waals surface area contributed by atoms with Gasteiger partial charge in [-0.15, -0.1) is 0 Å². The van der Waals surface area contributed by atoms with Gasteiger partial charge < -0.3 is 4.74 Å². The fourth-order valence-corrected chi connectivity index (χ4v) is 1.11. The number of hydrogen-bond acceptors (Lipinski definition) is 3. The van der Waals surface area contributed by atoms with Gasteiger partial charge in [0.05, 0.1) is 15.9 Å². The Hall–Kier alpha value is -1.03. The van der Waals surface area contributed by atoms with E-state index in [1.807, 2.05) is 0 Å². The zero-order chi connectivity index (χ0) is 10.6. The summed E-state index contributed by atoms with van der Waals surface area (Å²) >= 11 is 10.1. The van der Waals surface area contributed by atoms with Gasteiger partial charge in [-0.1, -0.05) is 11.6 Å². The van der Waals surface area contributed by atoms with Crippen molar-refractivity contribution < 1.29 is 13.5 Å². The molecular formula is C8H4ClF2NOS. The maximum absolute atomic E-state index is 11.8. The SMILES string of the molecule is FC(F)Oc1ccc(N=C=S)c(Cl)c1. The Labute approximate surface area is 89.2 Å². The van der Waals surface area contributed by atoms with Gasteiger partial charge >= 0.3 is 6.61 Å². The van der Waals surface area contributed by atoms with Crippen LogP contribution >= 0.6 is 23.8 Å². The maximum atomic E-state index is 11.8. The highest BCUT2D eigenvalue weighted by Gasteiger charge is 2.06. The minimum Gasteiger partial charge on any atom is -0.435 e. The van der Waals surface area contributed by atoms with Crippen LogP contribution in [0.2, 0.25) is 5.02 Å². The van der Waals surface area contributed by atoms with Gasteiger partial charge in [-0.25, -0.2) is 0 Å². The molecule has 0 unspecified atom stereocenters. The van der Waals surface area contributed by atoms with E-state index in [0.717, 1.165) is 0 Å². The lowest BCUT2D eigenvalue weighted by atomic mass is 10.3. The van der Waals surface area contributed by atoms with E-state index < -0.39 is 6.61 Å². The molecule has 0 bridgehead atoms. The van der Waals surface area contributed by atoms with Crippen LogP contribution < -0.4 is 4.74 Å². The predicted molar refractivity (Wildman–Crippen MR) is 52.8 cm³/mol. The molecule has 0 aliphatic carbocycles. The number of ether oxygens (including phenoxy) is 1. The summed E-state index contributed by atoms with van der Waals surface area (Å²) in [5, 5.41) is 2.30. The second-order valence-corrected chi connectivity index (χ2v) is 2.78. The van der Waals surface area contributed by atoms with Crippen LogP contribution in [0, 0.1) is 0 Å². The van der Waals surface area contributed by atoms with Crippen LogP contribution in [0.3, 0.4) is 0 Å². The summed E-state index contributed by atoms with van der Waals surface area (Å²) in [6.45, 7) is -2.87. The first-order chi connectivity index (χ1) is 6.63. The number of nitrogens with zero attached hydrogens (tertiary/aromatic N) is 1. The second kappa shape index (κ2) is 5.00. The molecule has 0 aromatic heterocycles.